The van der Waals surface area contributed by atoms with Gasteiger partial charge in [0.25, 0.3) is 5.91 Å². The van der Waals surface area contributed by atoms with Crippen LogP contribution in [0.4, 0.5) is 5.69 Å². The van der Waals surface area contributed by atoms with E-state index in [-0.39, 0.29) is 17.2 Å². The van der Waals surface area contributed by atoms with Crippen LogP contribution in [0.15, 0.2) is 54.6 Å². The molecule has 22 heavy (non-hydrogen) atoms. The van der Waals surface area contributed by atoms with Crippen LogP contribution >= 0.6 is 0 Å². The lowest BCUT2D eigenvalue weighted by molar-refractivity contribution is -0.152. The number of aliphatic carboxylic acids is 1. The van der Waals surface area contributed by atoms with Gasteiger partial charge in [-0.15, -0.1) is 0 Å². The number of para-hydroxylation sites is 2. The predicted octanol–water partition coefficient (Wildman–Crippen LogP) is 3.18. The zero-order valence-corrected chi connectivity index (χ0v) is 12.4. The Labute approximate surface area is 128 Å². The average molecular weight is 299 g/mol. The molecule has 5 nitrogen and oxygen atoms in total. The van der Waals surface area contributed by atoms with Crippen LogP contribution in [0.2, 0.25) is 0 Å². The highest BCUT2D eigenvalue weighted by Crippen LogP contribution is 2.24. The van der Waals surface area contributed by atoms with Gasteiger partial charge in [-0.3, -0.25) is 4.79 Å². The first kappa shape index (κ1) is 15.6. The van der Waals surface area contributed by atoms with Crippen molar-refractivity contribution in [2.45, 2.75) is 19.4 Å². The van der Waals surface area contributed by atoms with Crippen molar-refractivity contribution in [1.82, 2.24) is 0 Å². The number of ether oxygens (including phenoxy) is 1. The van der Waals surface area contributed by atoms with Crippen molar-refractivity contribution in [3.05, 3.63) is 60.2 Å². The highest BCUT2D eigenvalue weighted by Gasteiger charge is 2.30. The van der Waals surface area contributed by atoms with Crippen molar-refractivity contribution in [1.29, 1.82) is 0 Å². The zero-order chi connectivity index (χ0) is 16.2. The molecule has 0 spiro atoms. The molecule has 0 unspecified atom stereocenters. The molecule has 0 atom stereocenters. The number of amides is 1. The maximum Gasteiger partial charge on any atom is 0.347 e. The van der Waals surface area contributed by atoms with Crippen LogP contribution in [-0.2, 0) is 4.79 Å². The molecule has 114 valence electrons. The van der Waals surface area contributed by atoms with E-state index < -0.39 is 11.6 Å². The van der Waals surface area contributed by atoms with Gasteiger partial charge in [0, 0.05) is 5.69 Å². The Kier molecular flexibility index (Phi) is 4.46. The van der Waals surface area contributed by atoms with Gasteiger partial charge in [-0.1, -0.05) is 30.3 Å². The summed E-state index contributed by atoms with van der Waals surface area (Å²) in [6.07, 6.45) is 0. The largest absolute Gasteiger partial charge is 0.478 e. The molecule has 2 rings (SSSR count). The molecule has 2 aromatic carbocycles. The Morgan fingerprint density at radius 2 is 1.59 bits per heavy atom. The Morgan fingerprint density at radius 1 is 1.00 bits per heavy atom. The quantitative estimate of drug-likeness (QED) is 0.889. The molecule has 0 saturated heterocycles. The molecule has 0 radical (unpaired) electrons. The van der Waals surface area contributed by atoms with E-state index in [4.69, 9.17) is 9.84 Å². The highest BCUT2D eigenvalue weighted by atomic mass is 16.5. The summed E-state index contributed by atoms with van der Waals surface area (Å²) in [5.74, 6) is -1.24. The van der Waals surface area contributed by atoms with Gasteiger partial charge in [0.05, 0.1) is 5.56 Å². The van der Waals surface area contributed by atoms with Crippen LogP contribution in [0, 0.1) is 0 Å². The van der Waals surface area contributed by atoms with Gasteiger partial charge in [0.1, 0.15) is 5.75 Å². The monoisotopic (exact) mass is 299 g/mol. The van der Waals surface area contributed by atoms with Crippen molar-refractivity contribution in [3.8, 4) is 5.75 Å². The maximum absolute atomic E-state index is 12.4. The van der Waals surface area contributed by atoms with Crippen LogP contribution in [0.3, 0.4) is 0 Å². The molecule has 0 aliphatic heterocycles. The molecule has 0 aromatic heterocycles. The van der Waals surface area contributed by atoms with Gasteiger partial charge in [-0.2, -0.15) is 0 Å². The molecule has 0 heterocycles. The minimum absolute atomic E-state index is 0.225. The first-order valence-electron chi connectivity index (χ1n) is 6.78. The third-order valence-electron chi connectivity index (χ3n) is 3.04. The number of rotatable bonds is 5. The van der Waals surface area contributed by atoms with Crippen LogP contribution in [-0.4, -0.2) is 22.6 Å². The number of hydrogen-bond donors (Lipinski definition) is 2. The number of carbonyl (C=O) groups is 2. The summed E-state index contributed by atoms with van der Waals surface area (Å²) >= 11 is 0. The summed E-state index contributed by atoms with van der Waals surface area (Å²) in [5.41, 5.74) is -0.496. The van der Waals surface area contributed by atoms with E-state index in [0.29, 0.717) is 5.69 Å². The lowest BCUT2D eigenvalue weighted by atomic mass is 10.1. The molecule has 0 bridgehead atoms. The van der Waals surface area contributed by atoms with Crippen LogP contribution in [0.5, 0.6) is 5.75 Å². The van der Waals surface area contributed by atoms with Gasteiger partial charge in [0.15, 0.2) is 5.60 Å². The number of nitrogens with one attached hydrogen (secondary N) is 1. The normalized spacial score (nSPS) is 10.8. The molecule has 2 N–H and O–H groups in total. The second-order valence-electron chi connectivity index (χ2n) is 5.23. The Balaban J connectivity index is 2.25. The van der Waals surface area contributed by atoms with E-state index in [9.17, 15) is 9.59 Å². The molecule has 2 aromatic rings. The number of carboxylic acid groups (broad SMARTS) is 1. The first-order valence-corrected chi connectivity index (χ1v) is 6.78. The minimum Gasteiger partial charge on any atom is -0.478 e. The van der Waals surface area contributed by atoms with Crippen molar-refractivity contribution >= 4 is 17.6 Å². The first-order chi connectivity index (χ1) is 10.4. The number of anilines is 1. The number of carboxylic acids is 1. The second-order valence-corrected chi connectivity index (χ2v) is 5.23. The third kappa shape index (κ3) is 3.63. The van der Waals surface area contributed by atoms with E-state index >= 15 is 0 Å². The highest BCUT2D eigenvalue weighted by molar-refractivity contribution is 6.06. The van der Waals surface area contributed by atoms with E-state index in [0.717, 1.165) is 0 Å². The standard InChI is InChI=1S/C17H17NO4/c1-17(2,16(20)21)22-14-11-7-6-10-13(14)15(19)18-12-8-4-3-5-9-12/h3-11H,1-2H3,(H,18,19)(H,20,21). The van der Waals surface area contributed by atoms with Crippen LogP contribution in [0.25, 0.3) is 0 Å². The van der Waals surface area contributed by atoms with E-state index in [1.807, 2.05) is 18.2 Å². The maximum atomic E-state index is 12.4. The summed E-state index contributed by atoms with van der Waals surface area (Å²) in [7, 11) is 0. The minimum atomic E-state index is -1.43. The molecule has 0 aliphatic carbocycles. The molecular weight excluding hydrogens is 282 g/mol. The van der Waals surface area contributed by atoms with E-state index in [2.05, 4.69) is 5.32 Å². The van der Waals surface area contributed by atoms with Gasteiger partial charge < -0.3 is 15.2 Å². The van der Waals surface area contributed by atoms with E-state index in [1.54, 1.807) is 36.4 Å². The topological polar surface area (TPSA) is 75.6 Å². The van der Waals surface area contributed by atoms with Gasteiger partial charge >= 0.3 is 5.97 Å². The summed E-state index contributed by atoms with van der Waals surface area (Å²) in [4.78, 5) is 23.5. The molecule has 1 amide bonds. The molecule has 0 aliphatic rings. The lowest BCUT2D eigenvalue weighted by Crippen LogP contribution is -2.38. The van der Waals surface area contributed by atoms with Crippen LogP contribution < -0.4 is 10.1 Å². The molecule has 5 heteroatoms. The lowest BCUT2D eigenvalue weighted by Gasteiger charge is -2.23. The number of hydrogen-bond acceptors (Lipinski definition) is 3. The fourth-order valence-corrected chi connectivity index (χ4v) is 1.78. The summed E-state index contributed by atoms with van der Waals surface area (Å²) in [6.45, 7) is 2.86. The van der Waals surface area contributed by atoms with Gasteiger partial charge in [0.2, 0.25) is 0 Å². The fourth-order valence-electron chi connectivity index (χ4n) is 1.78. The Morgan fingerprint density at radius 3 is 2.23 bits per heavy atom. The number of carbonyl (C=O) groups excluding carboxylic acids is 1. The molecule has 0 fully saturated rings. The molecule has 0 saturated carbocycles. The van der Waals surface area contributed by atoms with Gasteiger partial charge in [-0.25, -0.2) is 4.79 Å². The van der Waals surface area contributed by atoms with Crippen molar-refractivity contribution in [2.24, 2.45) is 0 Å². The second kappa shape index (κ2) is 6.30. The molecular formula is C17H17NO4. The summed E-state index contributed by atoms with van der Waals surface area (Å²) in [5, 5.41) is 11.9. The smallest absolute Gasteiger partial charge is 0.347 e. The summed E-state index contributed by atoms with van der Waals surface area (Å²) < 4.78 is 5.49. The average Bonchev–Trinajstić information content (AvgIpc) is 2.48. The SMILES string of the molecule is CC(C)(Oc1ccccc1C(=O)Nc1ccccc1)C(=O)O. The number of benzene rings is 2. The van der Waals surface area contributed by atoms with Crippen molar-refractivity contribution in [2.75, 3.05) is 5.32 Å². The van der Waals surface area contributed by atoms with Crippen molar-refractivity contribution < 1.29 is 19.4 Å². The zero-order valence-electron chi connectivity index (χ0n) is 12.4. The third-order valence-corrected chi connectivity index (χ3v) is 3.04. The fraction of sp³-hybridized carbons (Fsp3) is 0.176. The predicted molar refractivity (Wildman–Crippen MR) is 83.2 cm³/mol. The van der Waals surface area contributed by atoms with E-state index in [1.165, 1.54) is 13.8 Å². The Hall–Kier alpha value is -2.82. The Bertz CT molecular complexity index is 680. The van der Waals surface area contributed by atoms with Crippen molar-refractivity contribution in [3.63, 3.8) is 0 Å². The summed E-state index contributed by atoms with van der Waals surface area (Å²) in [6, 6.07) is 15.5. The van der Waals surface area contributed by atoms with Gasteiger partial charge in [-0.05, 0) is 38.1 Å². The van der Waals surface area contributed by atoms with Crippen LogP contribution in [0.1, 0.15) is 24.2 Å².